The Morgan fingerprint density at radius 1 is 1.19 bits per heavy atom. The average molecular weight is 350 g/mol. The molecule has 0 spiro atoms. The molecule has 0 aromatic heterocycles. The van der Waals surface area contributed by atoms with E-state index < -0.39 is 0 Å². The van der Waals surface area contributed by atoms with Gasteiger partial charge in [0, 0.05) is 10.0 Å². The van der Waals surface area contributed by atoms with Gasteiger partial charge in [-0.1, -0.05) is 15.9 Å². The van der Waals surface area contributed by atoms with E-state index in [0.29, 0.717) is 28.5 Å². The molecule has 6 heteroatoms. The van der Waals surface area contributed by atoms with Gasteiger partial charge in [0.1, 0.15) is 5.75 Å². The molecule has 1 N–H and O–H groups in total. The number of hydrogen-bond donors (Lipinski definition) is 1. The molecule has 3 rings (SSSR count). The summed E-state index contributed by atoms with van der Waals surface area (Å²) in [5.74, 6) is 1.56. The molecule has 0 bridgehead atoms. The highest BCUT2D eigenvalue weighted by atomic mass is 79.9. The van der Waals surface area contributed by atoms with Crippen molar-refractivity contribution in [2.75, 3.05) is 19.2 Å². The molecule has 0 saturated carbocycles. The SMILES string of the molecule is COc1ccc(Br)cc1NC(=O)c1ccc2c(c1)OCO2. The summed E-state index contributed by atoms with van der Waals surface area (Å²) in [7, 11) is 1.56. The summed E-state index contributed by atoms with van der Waals surface area (Å²) in [6, 6.07) is 10.5. The predicted molar refractivity (Wildman–Crippen MR) is 81.2 cm³/mol. The third-order valence-electron chi connectivity index (χ3n) is 3.04. The summed E-state index contributed by atoms with van der Waals surface area (Å²) in [6.45, 7) is 0.180. The van der Waals surface area contributed by atoms with Crippen LogP contribution in [0.4, 0.5) is 5.69 Å². The molecule has 21 heavy (non-hydrogen) atoms. The summed E-state index contributed by atoms with van der Waals surface area (Å²) in [4.78, 5) is 12.3. The lowest BCUT2D eigenvalue weighted by Crippen LogP contribution is -2.12. The van der Waals surface area contributed by atoms with Crippen molar-refractivity contribution >= 4 is 27.5 Å². The molecular weight excluding hydrogens is 338 g/mol. The van der Waals surface area contributed by atoms with Crippen LogP contribution in [-0.4, -0.2) is 19.8 Å². The Labute approximate surface area is 129 Å². The van der Waals surface area contributed by atoms with Crippen molar-refractivity contribution in [2.24, 2.45) is 0 Å². The van der Waals surface area contributed by atoms with Crippen LogP contribution in [0.25, 0.3) is 0 Å². The molecule has 0 radical (unpaired) electrons. The molecule has 2 aromatic rings. The Kier molecular flexibility index (Phi) is 3.70. The zero-order valence-electron chi connectivity index (χ0n) is 11.2. The zero-order valence-corrected chi connectivity index (χ0v) is 12.8. The second-order valence-electron chi connectivity index (χ2n) is 4.37. The Morgan fingerprint density at radius 3 is 2.81 bits per heavy atom. The van der Waals surface area contributed by atoms with Gasteiger partial charge in [-0.2, -0.15) is 0 Å². The van der Waals surface area contributed by atoms with Crippen LogP contribution >= 0.6 is 15.9 Å². The highest BCUT2D eigenvalue weighted by molar-refractivity contribution is 9.10. The third-order valence-corrected chi connectivity index (χ3v) is 3.54. The van der Waals surface area contributed by atoms with Crippen molar-refractivity contribution in [2.45, 2.75) is 0 Å². The van der Waals surface area contributed by atoms with Gasteiger partial charge in [-0.15, -0.1) is 0 Å². The zero-order chi connectivity index (χ0) is 14.8. The van der Waals surface area contributed by atoms with Crippen molar-refractivity contribution in [3.8, 4) is 17.2 Å². The number of hydrogen-bond acceptors (Lipinski definition) is 4. The first-order valence-electron chi connectivity index (χ1n) is 6.22. The van der Waals surface area contributed by atoms with Crippen LogP contribution in [0.15, 0.2) is 40.9 Å². The normalized spacial score (nSPS) is 12.1. The topological polar surface area (TPSA) is 56.8 Å². The van der Waals surface area contributed by atoms with Crippen LogP contribution in [0.2, 0.25) is 0 Å². The van der Waals surface area contributed by atoms with Gasteiger partial charge in [-0.3, -0.25) is 4.79 Å². The number of anilines is 1. The quantitative estimate of drug-likeness (QED) is 0.922. The fraction of sp³-hybridized carbons (Fsp3) is 0.133. The lowest BCUT2D eigenvalue weighted by molar-refractivity contribution is 0.102. The molecule has 0 unspecified atom stereocenters. The van der Waals surface area contributed by atoms with E-state index in [-0.39, 0.29) is 12.7 Å². The molecule has 5 nitrogen and oxygen atoms in total. The van der Waals surface area contributed by atoms with Gasteiger partial charge >= 0.3 is 0 Å². The molecule has 1 aliphatic heterocycles. The van der Waals surface area contributed by atoms with Crippen LogP contribution in [0.3, 0.4) is 0 Å². The molecule has 2 aromatic carbocycles. The third kappa shape index (κ3) is 2.80. The monoisotopic (exact) mass is 349 g/mol. The Morgan fingerprint density at radius 2 is 2.00 bits per heavy atom. The molecular formula is C15H12BrNO4. The summed E-state index contributed by atoms with van der Waals surface area (Å²) >= 11 is 3.37. The first-order chi connectivity index (χ1) is 10.2. The van der Waals surface area contributed by atoms with Crippen LogP contribution in [0, 0.1) is 0 Å². The van der Waals surface area contributed by atoms with Crippen molar-refractivity contribution in [1.29, 1.82) is 0 Å². The van der Waals surface area contributed by atoms with E-state index in [4.69, 9.17) is 14.2 Å². The number of benzene rings is 2. The molecule has 1 heterocycles. The Bertz CT molecular complexity index is 702. The van der Waals surface area contributed by atoms with Gasteiger partial charge in [0.05, 0.1) is 12.8 Å². The minimum Gasteiger partial charge on any atom is -0.495 e. The number of fused-ring (bicyclic) bond motifs is 1. The summed E-state index contributed by atoms with van der Waals surface area (Å²) in [5, 5.41) is 2.82. The summed E-state index contributed by atoms with van der Waals surface area (Å²) in [5.41, 5.74) is 1.08. The number of amides is 1. The van der Waals surface area contributed by atoms with Gasteiger partial charge in [0.2, 0.25) is 6.79 Å². The minimum absolute atomic E-state index is 0.180. The number of rotatable bonds is 3. The first-order valence-corrected chi connectivity index (χ1v) is 7.01. The smallest absolute Gasteiger partial charge is 0.255 e. The molecule has 108 valence electrons. The number of halogens is 1. The Hall–Kier alpha value is -2.21. The van der Waals surface area contributed by atoms with Gasteiger partial charge in [-0.05, 0) is 36.4 Å². The lowest BCUT2D eigenvalue weighted by atomic mass is 10.2. The number of carbonyl (C=O) groups excluding carboxylic acids is 1. The van der Waals surface area contributed by atoms with Crippen LogP contribution in [-0.2, 0) is 0 Å². The van der Waals surface area contributed by atoms with Crippen LogP contribution in [0.5, 0.6) is 17.2 Å². The largest absolute Gasteiger partial charge is 0.495 e. The first kappa shape index (κ1) is 13.8. The van der Waals surface area contributed by atoms with Crippen molar-refractivity contribution in [1.82, 2.24) is 0 Å². The molecule has 0 fully saturated rings. The fourth-order valence-electron chi connectivity index (χ4n) is 2.01. The fourth-order valence-corrected chi connectivity index (χ4v) is 2.37. The lowest BCUT2D eigenvalue weighted by Gasteiger charge is -2.11. The highest BCUT2D eigenvalue weighted by Gasteiger charge is 2.17. The highest BCUT2D eigenvalue weighted by Crippen LogP contribution is 2.33. The van der Waals surface area contributed by atoms with Crippen LogP contribution < -0.4 is 19.5 Å². The van der Waals surface area contributed by atoms with Crippen molar-refractivity contribution < 1.29 is 19.0 Å². The number of methoxy groups -OCH3 is 1. The van der Waals surface area contributed by atoms with E-state index in [1.54, 1.807) is 37.4 Å². The van der Waals surface area contributed by atoms with E-state index in [0.717, 1.165) is 4.47 Å². The predicted octanol–water partition coefficient (Wildman–Crippen LogP) is 3.44. The van der Waals surface area contributed by atoms with E-state index in [2.05, 4.69) is 21.2 Å². The maximum atomic E-state index is 12.3. The average Bonchev–Trinajstić information content (AvgIpc) is 2.94. The summed E-state index contributed by atoms with van der Waals surface area (Å²) in [6.07, 6.45) is 0. The maximum Gasteiger partial charge on any atom is 0.255 e. The van der Waals surface area contributed by atoms with E-state index in [9.17, 15) is 4.79 Å². The maximum absolute atomic E-state index is 12.3. The van der Waals surface area contributed by atoms with Crippen molar-refractivity contribution in [3.05, 3.63) is 46.4 Å². The standard InChI is InChI=1S/C15H12BrNO4/c1-19-12-5-3-10(16)7-11(12)17-15(18)9-2-4-13-14(6-9)21-8-20-13/h2-7H,8H2,1H3,(H,17,18). The summed E-state index contributed by atoms with van der Waals surface area (Å²) < 4.78 is 16.6. The molecule has 1 aliphatic rings. The molecule has 0 saturated heterocycles. The van der Waals surface area contributed by atoms with Gasteiger partial charge in [0.25, 0.3) is 5.91 Å². The second-order valence-corrected chi connectivity index (χ2v) is 5.28. The van der Waals surface area contributed by atoms with Gasteiger partial charge in [0.15, 0.2) is 11.5 Å². The molecule has 0 atom stereocenters. The van der Waals surface area contributed by atoms with E-state index in [1.807, 2.05) is 6.07 Å². The molecule has 1 amide bonds. The number of carbonyl (C=O) groups is 1. The second kappa shape index (κ2) is 5.65. The number of nitrogens with one attached hydrogen (secondary N) is 1. The minimum atomic E-state index is -0.246. The number of ether oxygens (including phenoxy) is 3. The van der Waals surface area contributed by atoms with Crippen molar-refractivity contribution in [3.63, 3.8) is 0 Å². The van der Waals surface area contributed by atoms with Crippen LogP contribution in [0.1, 0.15) is 10.4 Å². The molecule has 0 aliphatic carbocycles. The Balaban J connectivity index is 1.85. The van der Waals surface area contributed by atoms with Gasteiger partial charge < -0.3 is 19.5 Å². The van der Waals surface area contributed by atoms with E-state index in [1.165, 1.54) is 0 Å². The van der Waals surface area contributed by atoms with Gasteiger partial charge in [-0.25, -0.2) is 0 Å². The van der Waals surface area contributed by atoms with E-state index >= 15 is 0 Å².